The van der Waals surface area contributed by atoms with Gasteiger partial charge in [-0.2, -0.15) is 0 Å². The van der Waals surface area contributed by atoms with Gasteiger partial charge in [0.1, 0.15) is 13.2 Å². The molecule has 0 atom stereocenters. The second-order valence-electron chi connectivity index (χ2n) is 7.12. The molecular formula is C25H25NO6S. The first-order valence-electron chi connectivity index (χ1n) is 10.3. The number of nitrogens with zero attached hydrogens (tertiary/aromatic N) is 1. The van der Waals surface area contributed by atoms with Crippen LogP contribution in [0.2, 0.25) is 0 Å². The molecule has 33 heavy (non-hydrogen) atoms. The second-order valence-corrected chi connectivity index (χ2v) is 8.16. The molecule has 0 bridgehead atoms. The smallest absolute Gasteiger partial charge is 0.251 e. The topological polar surface area (TPSA) is 66.5 Å². The number of carbonyl (C=O) groups excluding carboxylic acids is 1. The summed E-state index contributed by atoms with van der Waals surface area (Å²) in [6.07, 6.45) is 3.26. The third kappa shape index (κ3) is 5.06. The van der Waals surface area contributed by atoms with Crippen LogP contribution in [0.4, 0.5) is 5.69 Å². The molecule has 0 spiro atoms. The molecular weight excluding hydrogens is 442 g/mol. The molecule has 2 aromatic carbocycles. The number of hydrogen-bond acceptors (Lipinski definition) is 7. The maximum Gasteiger partial charge on any atom is 0.251 e. The van der Waals surface area contributed by atoms with E-state index in [1.165, 1.54) is 6.08 Å². The number of carbonyl (C=O) groups is 1. The molecule has 0 fully saturated rings. The Morgan fingerprint density at radius 1 is 1.00 bits per heavy atom. The van der Waals surface area contributed by atoms with Crippen LogP contribution in [-0.2, 0) is 11.3 Å². The van der Waals surface area contributed by atoms with Crippen molar-refractivity contribution in [1.29, 1.82) is 0 Å². The first-order valence-corrected chi connectivity index (χ1v) is 11.2. The lowest BCUT2D eigenvalue weighted by molar-refractivity contribution is -0.114. The van der Waals surface area contributed by atoms with E-state index in [-0.39, 0.29) is 5.91 Å². The van der Waals surface area contributed by atoms with Crippen molar-refractivity contribution in [2.24, 2.45) is 0 Å². The van der Waals surface area contributed by atoms with Crippen LogP contribution in [0.15, 0.2) is 53.9 Å². The number of rotatable bonds is 8. The fraction of sp³-hybridized carbons (Fsp3) is 0.240. The number of amides is 1. The third-order valence-electron chi connectivity index (χ3n) is 5.10. The van der Waals surface area contributed by atoms with Crippen LogP contribution in [0, 0.1) is 0 Å². The van der Waals surface area contributed by atoms with Crippen molar-refractivity contribution in [3.8, 4) is 28.7 Å². The number of methoxy groups -OCH3 is 3. The zero-order valence-electron chi connectivity index (χ0n) is 18.7. The summed E-state index contributed by atoms with van der Waals surface area (Å²) in [5.41, 5.74) is 1.48. The van der Waals surface area contributed by atoms with Crippen molar-refractivity contribution in [1.82, 2.24) is 0 Å². The Labute approximate surface area is 196 Å². The quantitative estimate of drug-likeness (QED) is 0.444. The molecule has 1 aliphatic rings. The van der Waals surface area contributed by atoms with Crippen LogP contribution < -0.4 is 28.6 Å². The van der Waals surface area contributed by atoms with Gasteiger partial charge in [0.2, 0.25) is 5.75 Å². The van der Waals surface area contributed by atoms with Gasteiger partial charge in [0.25, 0.3) is 5.91 Å². The lowest BCUT2D eigenvalue weighted by atomic mass is 10.1. The highest BCUT2D eigenvalue weighted by Gasteiger charge is 2.19. The highest BCUT2D eigenvalue weighted by Crippen LogP contribution is 2.39. The lowest BCUT2D eigenvalue weighted by Crippen LogP contribution is -2.28. The monoisotopic (exact) mass is 467 g/mol. The number of ether oxygens (including phenoxy) is 5. The Bertz CT molecular complexity index is 1120. The molecule has 1 amide bonds. The number of benzene rings is 2. The first kappa shape index (κ1) is 22.5. The molecule has 172 valence electrons. The summed E-state index contributed by atoms with van der Waals surface area (Å²) in [5, 5.41) is 1.99. The van der Waals surface area contributed by atoms with E-state index < -0.39 is 0 Å². The zero-order chi connectivity index (χ0) is 23.2. The zero-order valence-corrected chi connectivity index (χ0v) is 19.5. The normalized spacial score (nSPS) is 12.5. The minimum absolute atomic E-state index is 0.172. The molecule has 0 saturated carbocycles. The minimum Gasteiger partial charge on any atom is -0.493 e. The van der Waals surface area contributed by atoms with Gasteiger partial charge in [-0.25, -0.2) is 0 Å². The maximum atomic E-state index is 13.3. The second kappa shape index (κ2) is 10.3. The van der Waals surface area contributed by atoms with Crippen molar-refractivity contribution in [3.05, 3.63) is 64.4 Å². The third-order valence-corrected chi connectivity index (χ3v) is 5.96. The van der Waals surface area contributed by atoms with Gasteiger partial charge in [0, 0.05) is 22.7 Å². The largest absolute Gasteiger partial charge is 0.493 e. The van der Waals surface area contributed by atoms with Gasteiger partial charge in [-0.15, -0.1) is 11.3 Å². The molecule has 7 nitrogen and oxygen atoms in total. The van der Waals surface area contributed by atoms with Crippen LogP contribution in [0.1, 0.15) is 10.4 Å². The van der Waals surface area contributed by atoms with Crippen LogP contribution >= 0.6 is 11.3 Å². The summed E-state index contributed by atoms with van der Waals surface area (Å²) in [4.78, 5) is 16.1. The van der Waals surface area contributed by atoms with Gasteiger partial charge >= 0.3 is 0 Å². The minimum atomic E-state index is -0.172. The lowest BCUT2D eigenvalue weighted by Gasteiger charge is -2.24. The maximum absolute atomic E-state index is 13.3. The number of thiophene rings is 1. The molecule has 0 N–H and O–H groups in total. The van der Waals surface area contributed by atoms with Crippen molar-refractivity contribution in [2.45, 2.75) is 6.54 Å². The average Bonchev–Trinajstić information content (AvgIpc) is 3.38. The van der Waals surface area contributed by atoms with Crippen molar-refractivity contribution in [2.75, 3.05) is 39.4 Å². The summed E-state index contributed by atoms with van der Waals surface area (Å²) in [7, 11) is 4.66. The van der Waals surface area contributed by atoms with Crippen LogP contribution in [0.3, 0.4) is 0 Å². The van der Waals surface area contributed by atoms with Crippen LogP contribution in [0.5, 0.6) is 28.7 Å². The predicted molar refractivity (Wildman–Crippen MR) is 128 cm³/mol. The molecule has 3 aromatic rings. The highest BCUT2D eigenvalue weighted by molar-refractivity contribution is 7.09. The summed E-state index contributed by atoms with van der Waals surface area (Å²) >= 11 is 1.60. The van der Waals surface area contributed by atoms with E-state index in [0.29, 0.717) is 48.5 Å². The Hall–Kier alpha value is -3.65. The summed E-state index contributed by atoms with van der Waals surface area (Å²) in [6.45, 7) is 1.44. The van der Waals surface area contributed by atoms with E-state index in [2.05, 4.69) is 0 Å². The fourth-order valence-corrected chi connectivity index (χ4v) is 4.20. The van der Waals surface area contributed by atoms with Crippen LogP contribution in [-0.4, -0.2) is 40.5 Å². The first-order chi connectivity index (χ1) is 16.1. The number of fused-ring (bicyclic) bond motifs is 1. The highest BCUT2D eigenvalue weighted by atomic mass is 32.1. The predicted octanol–water partition coefficient (Wildman–Crippen LogP) is 4.79. The molecule has 4 rings (SSSR count). The Kier molecular flexibility index (Phi) is 7.04. The molecule has 1 aliphatic heterocycles. The van der Waals surface area contributed by atoms with Crippen molar-refractivity contribution >= 4 is 29.0 Å². The SMILES string of the molecule is COc1cc(/C=C/C(=O)N(Cc2cccs2)c2ccc3c(c2)OCCO3)cc(OC)c1OC. The molecule has 1 aromatic heterocycles. The molecule has 8 heteroatoms. The Morgan fingerprint density at radius 3 is 2.36 bits per heavy atom. The molecule has 0 aliphatic carbocycles. The van der Waals surface area contributed by atoms with Gasteiger partial charge in [0.05, 0.1) is 27.9 Å². The standard InChI is InChI=1S/C25H25NO6S/c1-28-22-13-17(14-23(29-2)25(22)30-3)6-9-24(27)26(16-19-5-4-12-33-19)18-7-8-20-21(15-18)32-11-10-31-20/h4-9,12-15H,10-11,16H2,1-3H3/b9-6+. The molecule has 0 unspecified atom stereocenters. The Morgan fingerprint density at radius 2 is 1.73 bits per heavy atom. The van der Waals surface area contributed by atoms with Crippen LogP contribution in [0.25, 0.3) is 6.08 Å². The van der Waals surface area contributed by atoms with Crippen molar-refractivity contribution < 1.29 is 28.5 Å². The summed E-state index contributed by atoms with van der Waals surface area (Å²) < 4.78 is 27.5. The van der Waals surface area contributed by atoms with E-state index in [4.69, 9.17) is 23.7 Å². The molecule has 0 radical (unpaired) electrons. The number of hydrogen-bond donors (Lipinski definition) is 0. The molecule has 2 heterocycles. The van der Waals surface area contributed by atoms with E-state index >= 15 is 0 Å². The summed E-state index contributed by atoms with van der Waals surface area (Å²) in [5.74, 6) is 2.68. The fourth-order valence-electron chi connectivity index (χ4n) is 3.51. The van der Waals surface area contributed by atoms with E-state index in [1.54, 1.807) is 55.8 Å². The average molecular weight is 468 g/mol. The Balaban J connectivity index is 1.64. The van der Waals surface area contributed by atoms with E-state index in [9.17, 15) is 4.79 Å². The van der Waals surface area contributed by atoms with E-state index in [0.717, 1.165) is 16.1 Å². The van der Waals surface area contributed by atoms with Gasteiger partial charge in [-0.3, -0.25) is 4.79 Å². The van der Waals surface area contributed by atoms with Gasteiger partial charge < -0.3 is 28.6 Å². The van der Waals surface area contributed by atoms with Gasteiger partial charge in [-0.05, 0) is 47.4 Å². The molecule has 0 saturated heterocycles. The van der Waals surface area contributed by atoms with Gasteiger partial charge in [-0.1, -0.05) is 6.07 Å². The number of anilines is 1. The van der Waals surface area contributed by atoms with E-state index in [1.807, 2.05) is 35.7 Å². The van der Waals surface area contributed by atoms with Crippen molar-refractivity contribution in [3.63, 3.8) is 0 Å². The van der Waals surface area contributed by atoms with Gasteiger partial charge in [0.15, 0.2) is 23.0 Å². The summed E-state index contributed by atoms with van der Waals surface area (Å²) in [6, 6.07) is 13.1.